The van der Waals surface area contributed by atoms with Gasteiger partial charge in [-0.25, -0.2) is 8.42 Å². The number of sulfone groups is 1. The highest BCUT2D eigenvalue weighted by atomic mass is 32.2. The Hall–Kier alpha value is -2.87. The van der Waals surface area contributed by atoms with Crippen LogP contribution in [0, 0.1) is 0 Å². The number of nitrogens with zero attached hydrogens (tertiary/aromatic N) is 3. The molecule has 0 spiro atoms. The summed E-state index contributed by atoms with van der Waals surface area (Å²) in [7, 11) is -3.26. The number of benzene rings is 2. The largest absolute Gasteiger partial charge is 0.368 e. The summed E-state index contributed by atoms with van der Waals surface area (Å²) in [6.07, 6.45) is 1.27. The number of anilines is 1. The normalized spacial score (nSPS) is 17.6. The summed E-state index contributed by atoms with van der Waals surface area (Å²) in [5.41, 5.74) is 2.58. The van der Waals surface area contributed by atoms with E-state index < -0.39 is 15.9 Å². The van der Waals surface area contributed by atoms with Crippen molar-refractivity contribution in [3.8, 4) is 0 Å². The van der Waals surface area contributed by atoms with Crippen molar-refractivity contribution in [1.82, 2.24) is 9.80 Å². The first kappa shape index (κ1) is 21.4. The molecule has 0 aliphatic carbocycles. The number of para-hydroxylation sites is 1. The second-order valence-electron chi connectivity index (χ2n) is 8.17. The molecule has 0 bridgehead atoms. The van der Waals surface area contributed by atoms with Crippen molar-refractivity contribution < 1.29 is 18.0 Å². The summed E-state index contributed by atoms with van der Waals surface area (Å²) >= 11 is 0. The molecule has 31 heavy (non-hydrogen) atoms. The lowest BCUT2D eigenvalue weighted by atomic mass is 10.1. The summed E-state index contributed by atoms with van der Waals surface area (Å²) in [5, 5.41) is 0. The molecule has 2 aromatic rings. The van der Waals surface area contributed by atoms with Crippen LogP contribution in [0.25, 0.3) is 0 Å². The van der Waals surface area contributed by atoms with Crippen LogP contribution in [0.3, 0.4) is 0 Å². The van der Waals surface area contributed by atoms with Gasteiger partial charge in [0.25, 0.3) is 5.91 Å². The molecule has 164 valence electrons. The molecule has 0 saturated carbocycles. The molecule has 2 aliphatic rings. The third kappa shape index (κ3) is 4.74. The lowest BCUT2D eigenvalue weighted by molar-refractivity contribution is -0.136. The maximum atomic E-state index is 13.5. The van der Waals surface area contributed by atoms with E-state index in [4.69, 9.17) is 0 Å². The Bertz CT molecular complexity index is 1060. The number of carbonyl (C=O) groups excluding carboxylic acids is 2. The Kier molecular flexibility index (Phi) is 6.00. The van der Waals surface area contributed by atoms with E-state index in [0.717, 1.165) is 17.5 Å². The van der Waals surface area contributed by atoms with Crippen molar-refractivity contribution >= 4 is 27.3 Å². The maximum Gasteiger partial charge on any atom is 0.255 e. The number of piperazine rings is 1. The Labute approximate surface area is 183 Å². The van der Waals surface area contributed by atoms with Gasteiger partial charge >= 0.3 is 0 Å². The lowest BCUT2D eigenvalue weighted by Crippen LogP contribution is -2.55. The first-order chi connectivity index (χ1) is 14.8. The number of hydrogen-bond acceptors (Lipinski definition) is 5. The molecule has 2 aromatic carbocycles. The zero-order chi connectivity index (χ0) is 22.0. The van der Waals surface area contributed by atoms with Crippen LogP contribution in [0.2, 0.25) is 0 Å². The van der Waals surface area contributed by atoms with Gasteiger partial charge in [-0.1, -0.05) is 36.4 Å². The van der Waals surface area contributed by atoms with Gasteiger partial charge in [0.15, 0.2) is 0 Å². The van der Waals surface area contributed by atoms with Crippen LogP contribution in [-0.4, -0.2) is 74.3 Å². The second-order valence-corrected chi connectivity index (χ2v) is 10.4. The maximum absolute atomic E-state index is 13.5. The van der Waals surface area contributed by atoms with Crippen molar-refractivity contribution in [2.24, 2.45) is 0 Å². The Morgan fingerprint density at radius 1 is 0.968 bits per heavy atom. The lowest BCUT2D eigenvalue weighted by Gasteiger charge is -2.39. The van der Waals surface area contributed by atoms with Gasteiger partial charge in [0.2, 0.25) is 5.91 Å². The molecular formula is C23H27N3O4S. The van der Waals surface area contributed by atoms with Gasteiger partial charge in [-0.2, -0.15) is 0 Å². The molecule has 7 nitrogen and oxygen atoms in total. The minimum absolute atomic E-state index is 0.107. The van der Waals surface area contributed by atoms with E-state index in [0.29, 0.717) is 38.3 Å². The third-order valence-corrected chi connectivity index (χ3v) is 6.96. The van der Waals surface area contributed by atoms with Crippen molar-refractivity contribution in [1.29, 1.82) is 0 Å². The zero-order valence-electron chi connectivity index (χ0n) is 17.6. The monoisotopic (exact) mass is 441 g/mol. The van der Waals surface area contributed by atoms with E-state index >= 15 is 0 Å². The molecule has 1 atom stereocenters. The van der Waals surface area contributed by atoms with Gasteiger partial charge in [-0.15, -0.1) is 0 Å². The molecule has 0 aromatic heterocycles. The van der Waals surface area contributed by atoms with Crippen LogP contribution in [0.4, 0.5) is 5.69 Å². The number of rotatable bonds is 6. The van der Waals surface area contributed by atoms with Crippen molar-refractivity contribution in [2.45, 2.75) is 19.0 Å². The van der Waals surface area contributed by atoms with Crippen LogP contribution in [0.15, 0.2) is 54.6 Å². The van der Waals surface area contributed by atoms with Crippen LogP contribution in [0.5, 0.6) is 0 Å². The Morgan fingerprint density at radius 3 is 2.26 bits per heavy atom. The molecule has 1 saturated heterocycles. The second kappa shape index (κ2) is 8.70. The van der Waals surface area contributed by atoms with Gasteiger partial charge in [-0.3, -0.25) is 9.59 Å². The highest BCUT2D eigenvalue weighted by molar-refractivity contribution is 7.90. The molecule has 1 fully saturated rings. The highest BCUT2D eigenvalue weighted by Gasteiger charge is 2.39. The van der Waals surface area contributed by atoms with E-state index in [-0.39, 0.29) is 24.0 Å². The SMILES string of the molecule is CS(=O)(=O)CC[C@H](C(=O)N1CCN(c2ccccc2)CC1)N1Cc2ccccc2C1=O. The quantitative estimate of drug-likeness (QED) is 0.683. The molecule has 2 heterocycles. The summed E-state index contributed by atoms with van der Waals surface area (Å²) in [6, 6.07) is 16.6. The average molecular weight is 442 g/mol. The molecule has 0 N–H and O–H groups in total. The van der Waals surface area contributed by atoms with E-state index in [9.17, 15) is 18.0 Å². The number of hydrogen-bond donors (Lipinski definition) is 0. The van der Waals surface area contributed by atoms with E-state index in [1.54, 1.807) is 21.9 Å². The molecule has 8 heteroatoms. The van der Waals surface area contributed by atoms with Crippen molar-refractivity contribution in [3.63, 3.8) is 0 Å². The van der Waals surface area contributed by atoms with Crippen molar-refractivity contribution in [3.05, 3.63) is 65.7 Å². The average Bonchev–Trinajstić information content (AvgIpc) is 3.10. The standard InChI is InChI=1S/C23H27N3O4S/c1-31(29,30)16-11-21(26-17-18-7-5-6-10-20(18)22(26)27)23(28)25-14-12-24(13-15-25)19-8-3-2-4-9-19/h2-10,21H,11-17H2,1H3/t21-/m1/s1. The van der Waals surface area contributed by atoms with Gasteiger partial charge in [0.1, 0.15) is 15.9 Å². The smallest absolute Gasteiger partial charge is 0.255 e. The summed E-state index contributed by atoms with van der Waals surface area (Å²) in [4.78, 5) is 32.0. The van der Waals surface area contributed by atoms with Gasteiger partial charge < -0.3 is 14.7 Å². The van der Waals surface area contributed by atoms with Crippen LogP contribution in [0.1, 0.15) is 22.3 Å². The van der Waals surface area contributed by atoms with Gasteiger partial charge in [0.05, 0.1) is 5.75 Å². The van der Waals surface area contributed by atoms with Crippen LogP contribution < -0.4 is 4.90 Å². The molecule has 2 amide bonds. The fraction of sp³-hybridized carbons (Fsp3) is 0.391. The van der Waals surface area contributed by atoms with E-state index in [1.165, 1.54) is 0 Å². The highest BCUT2D eigenvalue weighted by Crippen LogP contribution is 2.27. The first-order valence-electron chi connectivity index (χ1n) is 10.5. The van der Waals surface area contributed by atoms with Gasteiger partial charge in [-0.05, 0) is 30.2 Å². The van der Waals surface area contributed by atoms with Gasteiger partial charge in [0, 0.05) is 50.2 Å². The zero-order valence-corrected chi connectivity index (χ0v) is 18.4. The molecular weight excluding hydrogens is 414 g/mol. The fourth-order valence-electron chi connectivity index (χ4n) is 4.30. The van der Waals surface area contributed by atoms with E-state index in [1.807, 2.05) is 42.5 Å². The predicted octanol–water partition coefficient (Wildman–Crippen LogP) is 1.79. The molecule has 2 aliphatic heterocycles. The third-order valence-electron chi connectivity index (χ3n) is 5.99. The van der Waals surface area contributed by atoms with E-state index in [2.05, 4.69) is 4.90 Å². The summed E-state index contributed by atoms with van der Waals surface area (Å²) < 4.78 is 23.6. The summed E-state index contributed by atoms with van der Waals surface area (Å²) in [6.45, 7) is 2.81. The van der Waals surface area contributed by atoms with Crippen molar-refractivity contribution in [2.75, 3.05) is 43.1 Å². The summed E-state index contributed by atoms with van der Waals surface area (Å²) in [5.74, 6) is -0.504. The molecule has 0 radical (unpaired) electrons. The number of fused-ring (bicyclic) bond motifs is 1. The predicted molar refractivity (Wildman–Crippen MR) is 120 cm³/mol. The Morgan fingerprint density at radius 2 is 1.61 bits per heavy atom. The first-order valence-corrected chi connectivity index (χ1v) is 12.5. The Balaban J connectivity index is 1.49. The van der Waals surface area contributed by atoms with Crippen LogP contribution in [-0.2, 0) is 21.2 Å². The number of carbonyl (C=O) groups is 2. The van der Waals surface area contributed by atoms with Crippen LogP contribution >= 0.6 is 0 Å². The number of amides is 2. The molecule has 4 rings (SSSR count). The minimum atomic E-state index is -3.26. The minimum Gasteiger partial charge on any atom is -0.368 e. The fourth-order valence-corrected chi connectivity index (χ4v) is 4.95. The topological polar surface area (TPSA) is 78.0 Å². The molecule has 0 unspecified atom stereocenters.